The molecule has 15 nitrogen and oxygen atoms in total. The van der Waals surface area contributed by atoms with Crippen LogP contribution in [0.25, 0.3) is 11.1 Å². The van der Waals surface area contributed by atoms with Crippen LogP contribution >= 0.6 is 11.6 Å². The van der Waals surface area contributed by atoms with E-state index in [9.17, 15) is 18.4 Å². The average molecular weight is 965 g/mol. The van der Waals surface area contributed by atoms with Gasteiger partial charge in [0.05, 0.1) is 35.5 Å². The first-order chi connectivity index (χ1) is 33.5. The molecule has 6 aliphatic rings. The molecular formula is C51H60ClF2N11O4. The van der Waals surface area contributed by atoms with Gasteiger partial charge in [-0.3, -0.25) is 29.8 Å². The van der Waals surface area contributed by atoms with E-state index in [0.717, 1.165) is 118 Å². The third-order valence-electron chi connectivity index (χ3n) is 15.0. The molecular weight excluding hydrogens is 904 g/mol. The molecule has 2 aromatic carbocycles. The largest absolute Gasteiger partial charge is 0.490 e. The Morgan fingerprint density at radius 3 is 2.36 bits per heavy atom. The Morgan fingerprint density at radius 2 is 1.68 bits per heavy atom. The van der Waals surface area contributed by atoms with Gasteiger partial charge in [0.15, 0.2) is 5.82 Å². The van der Waals surface area contributed by atoms with Crippen molar-refractivity contribution in [1.82, 2.24) is 45.5 Å². The monoisotopic (exact) mass is 963 g/mol. The first-order valence-corrected chi connectivity index (χ1v) is 24.9. The van der Waals surface area contributed by atoms with Crippen LogP contribution in [0.5, 0.6) is 5.75 Å². The Hall–Kier alpha value is -6.12. The van der Waals surface area contributed by atoms with Crippen LogP contribution in [0, 0.1) is 11.3 Å². The van der Waals surface area contributed by atoms with Crippen molar-refractivity contribution in [3.63, 3.8) is 0 Å². The second-order valence-electron chi connectivity index (χ2n) is 19.4. The molecule has 0 spiro atoms. The molecule has 6 heterocycles. The van der Waals surface area contributed by atoms with E-state index < -0.39 is 6.43 Å². The summed E-state index contributed by atoms with van der Waals surface area (Å²) < 4.78 is 45.9. The van der Waals surface area contributed by atoms with Crippen LogP contribution in [0.4, 0.5) is 20.3 Å². The second kappa shape index (κ2) is 20.1. The molecule has 364 valence electrons. The van der Waals surface area contributed by atoms with Crippen LogP contribution in [0.2, 0.25) is 5.02 Å². The molecule has 3 fully saturated rings. The molecule has 2 aromatic heterocycles. The van der Waals surface area contributed by atoms with Gasteiger partial charge in [-0.15, -0.1) is 0 Å². The average Bonchev–Trinajstić information content (AvgIpc) is 3.98. The molecule has 18 heteroatoms. The van der Waals surface area contributed by atoms with Gasteiger partial charge in [0, 0.05) is 105 Å². The van der Waals surface area contributed by atoms with E-state index in [-0.39, 0.29) is 41.7 Å². The van der Waals surface area contributed by atoms with Gasteiger partial charge in [-0.05, 0) is 119 Å². The predicted octanol–water partition coefficient (Wildman–Crippen LogP) is 8.04. The summed E-state index contributed by atoms with van der Waals surface area (Å²) in [6.45, 7) is 5.28. The second-order valence-corrected chi connectivity index (χ2v) is 19.8. The first kappa shape index (κ1) is 46.6. The number of benzene rings is 2. The first-order valence-electron chi connectivity index (χ1n) is 24.6. The Bertz CT molecular complexity index is 2670. The molecule has 2 saturated carbocycles. The number of carbonyl (C=O) groups excluding carboxylic acids is 2. The van der Waals surface area contributed by atoms with E-state index in [1.54, 1.807) is 61.4 Å². The Morgan fingerprint density at radius 1 is 0.913 bits per heavy atom. The molecule has 0 bridgehead atoms. The van der Waals surface area contributed by atoms with Gasteiger partial charge < -0.3 is 29.5 Å². The van der Waals surface area contributed by atoms with E-state index >= 15 is 0 Å². The summed E-state index contributed by atoms with van der Waals surface area (Å²) in [4.78, 5) is 32.5. The topological polar surface area (TPSA) is 158 Å². The number of anilines is 2. The van der Waals surface area contributed by atoms with Crippen LogP contribution in [0.3, 0.4) is 0 Å². The maximum absolute atomic E-state index is 14.8. The fraction of sp³-hybridized carbons (Fsp3) is 0.510. The minimum Gasteiger partial charge on any atom is -0.490 e. The van der Waals surface area contributed by atoms with Crippen LogP contribution < -0.4 is 25.8 Å². The Kier molecular flexibility index (Phi) is 13.6. The number of nitrogens with zero attached hydrogens (tertiary/aromatic N) is 8. The summed E-state index contributed by atoms with van der Waals surface area (Å²) in [5, 5.41) is 22.3. The number of aryl methyl sites for hydroxylation is 2. The molecule has 4 aromatic rings. The Balaban J connectivity index is 0.723. The zero-order valence-electron chi connectivity index (χ0n) is 39.2. The number of halogens is 3. The molecule has 1 saturated heterocycles. The normalized spacial score (nSPS) is 23.1. The van der Waals surface area contributed by atoms with Gasteiger partial charge in [-0.2, -0.15) is 15.5 Å². The summed E-state index contributed by atoms with van der Waals surface area (Å²) in [6.07, 6.45) is 15.8. The summed E-state index contributed by atoms with van der Waals surface area (Å²) in [5.74, 6) is 1.88. The third-order valence-corrected chi connectivity index (χ3v) is 15.3. The van der Waals surface area contributed by atoms with Crippen molar-refractivity contribution in [2.45, 2.75) is 134 Å². The number of fused-ring (bicyclic) bond motifs is 2. The minimum atomic E-state index is -2.66. The van der Waals surface area contributed by atoms with Gasteiger partial charge >= 0.3 is 0 Å². The van der Waals surface area contributed by atoms with Gasteiger partial charge in [-0.25, -0.2) is 8.78 Å². The molecule has 2 amide bonds. The van der Waals surface area contributed by atoms with Gasteiger partial charge in [0.1, 0.15) is 23.6 Å². The van der Waals surface area contributed by atoms with E-state index in [0.29, 0.717) is 71.1 Å². The van der Waals surface area contributed by atoms with Crippen molar-refractivity contribution in [2.75, 3.05) is 31.1 Å². The minimum absolute atomic E-state index is 0.0140. The fourth-order valence-electron chi connectivity index (χ4n) is 11.3. The number of rotatable bonds is 11. The molecule has 0 unspecified atom stereocenters. The molecule has 3 N–H and O–H groups in total. The summed E-state index contributed by atoms with van der Waals surface area (Å²) in [6, 6.07) is 11.5. The molecule has 0 radical (unpaired) electrons. The lowest BCUT2D eigenvalue weighted by Crippen LogP contribution is -2.46. The zero-order chi connectivity index (χ0) is 47.8. The van der Waals surface area contributed by atoms with Crippen LogP contribution in [-0.4, -0.2) is 91.6 Å². The predicted molar refractivity (Wildman–Crippen MR) is 256 cm³/mol. The molecule has 4 aliphatic heterocycles. The van der Waals surface area contributed by atoms with Crippen LogP contribution in [-0.2, 0) is 40.8 Å². The van der Waals surface area contributed by atoms with Crippen molar-refractivity contribution in [2.24, 2.45) is 7.05 Å². The van der Waals surface area contributed by atoms with E-state index in [1.807, 2.05) is 17.0 Å². The lowest BCUT2D eigenvalue weighted by molar-refractivity contribution is -0.129. The van der Waals surface area contributed by atoms with Crippen LogP contribution in [0.1, 0.15) is 118 Å². The Labute approximate surface area is 406 Å². The lowest BCUT2D eigenvalue weighted by Gasteiger charge is -2.41. The smallest absolute Gasteiger partial charge is 0.269 e. The zero-order valence-corrected chi connectivity index (χ0v) is 40.0. The SMILES string of the molecule is CC(=O)N1CCc2c(c(N3CCCc4cc(-c5cnn(C)c5)c(C(F)F)cc43)nn2C2CCN(C3CCC(OC4=CC=C(C(=O)NC5CCC(Oc6ccc(C#N)c(Cl)c6)CC5)NN4)CC3)CC2)C1. The van der Waals surface area contributed by atoms with Gasteiger partial charge in [0.25, 0.3) is 12.3 Å². The summed E-state index contributed by atoms with van der Waals surface area (Å²) >= 11 is 6.17. The van der Waals surface area contributed by atoms with Crippen molar-refractivity contribution in [3.05, 3.63) is 99.4 Å². The third kappa shape index (κ3) is 10.0. The fourth-order valence-corrected chi connectivity index (χ4v) is 11.5. The number of nitriles is 1. The highest BCUT2D eigenvalue weighted by molar-refractivity contribution is 6.31. The van der Waals surface area contributed by atoms with Crippen LogP contribution in [0.15, 0.2) is 66.5 Å². The van der Waals surface area contributed by atoms with Gasteiger partial charge in [0.2, 0.25) is 11.8 Å². The standard InChI is InChI=1S/C51H60ClF2N11O4/c1-31(66)63-23-19-46-43(30-63)50(64-20-3-4-32-24-41(34-28-56-61(2)29-34)42(49(53)54)26-47(32)64)60-65(46)37-17-21-62(22-18-37)36-8-13-39(14-9-36)69-48-16-15-45(58-59-48)51(67)57-35-6-11-38(12-7-35)68-40-10-5-33(27-55)44(52)25-40/h5,10,15-16,24-26,28-29,35-39,49,58-59H,3-4,6-9,11-14,17-23,30H2,1-2H3,(H,57,67). The summed E-state index contributed by atoms with van der Waals surface area (Å²) in [5.41, 5.74) is 12.1. The number of hydrogen-bond donors (Lipinski definition) is 3. The summed E-state index contributed by atoms with van der Waals surface area (Å²) in [7, 11) is 1.79. The maximum Gasteiger partial charge on any atom is 0.269 e. The number of nitrogens with one attached hydrogen (secondary N) is 3. The molecule has 69 heavy (non-hydrogen) atoms. The van der Waals surface area contributed by atoms with Crippen molar-refractivity contribution >= 4 is 34.9 Å². The van der Waals surface area contributed by atoms with Crippen molar-refractivity contribution in [3.8, 4) is 22.9 Å². The highest BCUT2D eigenvalue weighted by Gasteiger charge is 2.37. The lowest BCUT2D eigenvalue weighted by atomic mass is 9.90. The maximum atomic E-state index is 14.8. The number of piperidine rings is 1. The number of ether oxygens (including phenoxy) is 2. The number of hydrogen-bond acceptors (Lipinski definition) is 11. The van der Waals surface area contributed by atoms with E-state index in [1.165, 1.54) is 0 Å². The van der Waals surface area contributed by atoms with E-state index in [2.05, 4.69) is 41.8 Å². The van der Waals surface area contributed by atoms with Crippen molar-refractivity contribution < 1.29 is 27.8 Å². The number of amides is 2. The number of allylic oxidation sites excluding steroid dienone is 2. The molecule has 0 atom stereocenters. The molecule has 10 rings (SSSR count). The molecule has 2 aliphatic carbocycles. The number of likely N-dealkylation sites (tertiary alicyclic amines) is 1. The van der Waals surface area contributed by atoms with E-state index in [4.69, 9.17) is 31.4 Å². The highest BCUT2D eigenvalue weighted by Crippen LogP contribution is 2.44. The number of aromatic nitrogens is 4. The van der Waals surface area contributed by atoms with Gasteiger partial charge in [-0.1, -0.05) is 11.6 Å². The number of alkyl halides is 2. The highest BCUT2D eigenvalue weighted by atomic mass is 35.5. The van der Waals surface area contributed by atoms with Crippen molar-refractivity contribution in [1.29, 1.82) is 5.26 Å². The quantitative estimate of drug-likeness (QED) is 0.134. The number of carbonyl (C=O) groups is 2. The number of hydrazine groups is 1.